The van der Waals surface area contributed by atoms with Gasteiger partial charge < -0.3 is 5.73 Å². The molecule has 0 amide bonds. The smallest absolute Gasteiger partial charge is 0.122 e. The summed E-state index contributed by atoms with van der Waals surface area (Å²) in [6, 6.07) is 16.2. The van der Waals surface area contributed by atoms with E-state index in [1.807, 2.05) is 30.3 Å². The van der Waals surface area contributed by atoms with Crippen LogP contribution in [0.1, 0.15) is 16.7 Å². The van der Waals surface area contributed by atoms with Crippen LogP contribution in [0.4, 0.5) is 0 Å². The normalized spacial score (nSPS) is 10.8. The minimum absolute atomic E-state index is 0.110. The maximum atomic E-state index is 7.38. The lowest BCUT2D eigenvalue weighted by molar-refractivity contribution is 0.319. The summed E-state index contributed by atoms with van der Waals surface area (Å²) in [6.45, 7) is 1.76. The molecule has 2 aromatic carbocycles. The van der Waals surface area contributed by atoms with Crippen LogP contribution >= 0.6 is 15.9 Å². The van der Waals surface area contributed by atoms with Gasteiger partial charge in [-0.05, 0) is 30.3 Å². The van der Waals surface area contributed by atoms with E-state index in [4.69, 9.17) is 11.1 Å². The summed E-state index contributed by atoms with van der Waals surface area (Å²) in [7, 11) is 2.10. The van der Waals surface area contributed by atoms with Crippen LogP contribution in [-0.2, 0) is 13.1 Å². The molecule has 0 radical (unpaired) electrons. The zero-order chi connectivity index (χ0) is 14.5. The molecule has 0 heterocycles. The van der Waals surface area contributed by atoms with E-state index in [9.17, 15) is 0 Å². The van der Waals surface area contributed by atoms with Crippen LogP contribution in [0.15, 0.2) is 53.0 Å². The van der Waals surface area contributed by atoms with Gasteiger partial charge in [0.1, 0.15) is 5.84 Å². The standard InChI is InChI=1S/C16H18BrN3/c1-20(11-13-3-2-4-15(17)9-13)10-12-5-7-14(8-6-12)16(18)19/h2-9H,10-11H2,1H3,(H3,18,19). The lowest BCUT2D eigenvalue weighted by Crippen LogP contribution is -2.17. The lowest BCUT2D eigenvalue weighted by Gasteiger charge is -2.17. The van der Waals surface area contributed by atoms with Gasteiger partial charge in [-0.15, -0.1) is 0 Å². The molecule has 0 saturated carbocycles. The Kier molecular flexibility index (Phi) is 4.93. The molecule has 3 N–H and O–H groups in total. The molecule has 0 spiro atoms. The number of rotatable bonds is 5. The lowest BCUT2D eigenvalue weighted by atomic mass is 10.1. The Labute approximate surface area is 128 Å². The van der Waals surface area contributed by atoms with E-state index in [2.05, 4.69) is 46.1 Å². The first-order chi connectivity index (χ1) is 9.54. The van der Waals surface area contributed by atoms with Crippen molar-refractivity contribution in [2.24, 2.45) is 5.73 Å². The second-order valence-corrected chi connectivity index (χ2v) is 5.83. The molecule has 0 saturated heterocycles. The van der Waals surface area contributed by atoms with Crippen molar-refractivity contribution in [1.82, 2.24) is 4.90 Å². The van der Waals surface area contributed by atoms with E-state index in [1.54, 1.807) is 0 Å². The molecule has 0 aliphatic carbocycles. The summed E-state index contributed by atoms with van der Waals surface area (Å²) >= 11 is 3.49. The fourth-order valence-corrected chi connectivity index (χ4v) is 2.55. The summed E-state index contributed by atoms with van der Waals surface area (Å²) in [4.78, 5) is 2.25. The molecule has 2 aromatic rings. The van der Waals surface area contributed by atoms with Gasteiger partial charge in [0, 0.05) is 23.1 Å². The zero-order valence-electron chi connectivity index (χ0n) is 11.4. The third kappa shape index (κ3) is 4.18. The van der Waals surface area contributed by atoms with Crippen LogP contribution in [0.2, 0.25) is 0 Å². The molecule has 0 aromatic heterocycles. The Balaban J connectivity index is 1.97. The van der Waals surface area contributed by atoms with Crippen molar-refractivity contribution in [2.75, 3.05) is 7.05 Å². The quantitative estimate of drug-likeness (QED) is 0.652. The molecule has 4 heteroatoms. The van der Waals surface area contributed by atoms with Gasteiger partial charge in [0.05, 0.1) is 0 Å². The first kappa shape index (κ1) is 14.8. The van der Waals surface area contributed by atoms with Crippen molar-refractivity contribution in [1.29, 1.82) is 5.41 Å². The SMILES string of the molecule is CN(Cc1ccc(C(=N)N)cc1)Cc1cccc(Br)c1. The summed E-state index contributed by atoms with van der Waals surface area (Å²) in [5.74, 6) is 0.110. The number of halogens is 1. The Morgan fingerprint density at radius 1 is 1.10 bits per heavy atom. The Hall–Kier alpha value is -1.65. The van der Waals surface area contributed by atoms with Crippen molar-refractivity contribution in [2.45, 2.75) is 13.1 Å². The second kappa shape index (κ2) is 6.68. The van der Waals surface area contributed by atoms with Crippen LogP contribution in [-0.4, -0.2) is 17.8 Å². The minimum atomic E-state index is 0.110. The van der Waals surface area contributed by atoms with E-state index in [0.717, 1.165) is 23.1 Å². The van der Waals surface area contributed by atoms with Gasteiger partial charge in [-0.25, -0.2) is 0 Å². The molecular formula is C16H18BrN3. The molecule has 0 atom stereocenters. The second-order valence-electron chi connectivity index (χ2n) is 4.91. The van der Waals surface area contributed by atoms with Gasteiger partial charge in [0.2, 0.25) is 0 Å². The fraction of sp³-hybridized carbons (Fsp3) is 0.188. The van der Waals surface area contributed by atoms with Gasteiger partial charge in [-0.2, -0.15) is 0 Å². The highest BCUT2D eigenvalue weighted by molar-refractivity contribution is 9.10. The highest BCUT2D eigenvalue weighted by Crippen LogP contribution is 2.14. The first-order valence-corrected chi connectivity index (χ1v) is 7.20. The number of hydrogen-bond donors (Lipinski definition) is 2. The van der Waals surface area contributed by atoms with E-state index in [1.165, 1.54) is 11.1 Å². The summed E-state index contributed by atoms with van der Waals surface area (Å²) < 4.78 is 1.11. The van der Waals surface area contributed by atoms with Crippen LogP contribution in [0.5, 0.6) is 0 Å². The van der Waals surface area contributed by atoms with E-state index in [0.29, 0.717) is 0 Å². The van der Waals surface area contributed by atoms with Gasteiger partial charge >= 0.3 is 0 Å². The van der Waals surface area contributed by atoms with Gasteiger partial charge in [-0.1, -0.05) is 52.3 Å². The van der Waals surface area contributed by atoms with Crippen molar-refractivity contribution in [3.05, 3.63) is 69.7 Å². The summed E-state index contributed by atoms with van der Waals surface area (Å²) in [6.07, 6.45) is 0. The number of amidine groups is 1. The molecular weight excluding hydrogens is 314 g/mol. The van der Waals surface area contributed by atoms with Crippen LogP contribution < -0.4 is 5.73 Å². The predicted molar refractivity (Wildman–Crippen MR) is 86.8 cm³/mol. The Bertz CT molecular complexity index is 593. The molecule has 0 aliphatic rings. The van der Waals surface area contributed by atoms with Crippen LogP contribution in [0, 0.1) is 5.41 Å². The molecule has 0 bridgehead atoms. The number of hydrogen-bond acceptors (Lipinski definition) is 2. The third-order valence-corrected chi connectivity index (χ3v) is 3.55. The van der Waals surface area contributed by atoms with Crippen LogP contribution in [0.3, 0.4) is 0 Å². The molecule has 3 nitrogen and oxygen atoms in total. The molecule has 2 rings (SSSR count). The van der Waals surface area contributed by atoms with Crippen molar-refractivity contribution >= 4 is 21.8 Å². The minimum Gasteiger partial charge on any atom is -0.384 e. The molecule has 0 fully saturated rings. The molecule has 0 aliphatic heterocycles. The van der Waals surface area contributed by atoms with E-state index < -0.39 is 0 Å². The predicted octanol–water partition coefficient (Wildman–Crippen LogP) is 3.37. The maximum absolute atomic E-state index is 7.38. The average Bonchev–Trinajstić information content (AvgIpc) is 2.39. The highest BCUT2D eigenvalue weighted by Gasteiger charge is 2.03. The fourth-order valence-electron chi connectivity index (χ4n) is 2.10. The number of nitrogens with two attached hydrogens (primary N) is 1. The summed E-state index contributed by atoms with van der Waals surface area (Å²) in [5.41, 5.74) is 8.71. The topological polar surface area (TPSA) is 53.1 Å². The van der Waals surface area contributed by atoms with E-state index in [-0.39, 0.29) is 5.84 Å². The monoisotopic (exact) mass is 331 g/mol. The molecule has 20 heavy (non-hydrogen) atoms. The molecule has 0 unspecified atom stereocenters. The van der Waals surface area contributed by atoms with Gasteiger partial charge in [-0.3, -0.25) is 10.3 Å². The van der Waals surface area contributed by atoms with E-state index >= 15 is 0 Å². The third-order valence-electron chi connectivity index (χ3n) is 3.06. The number of nitrogen functional groups attached to an aromatic ring is 1. The van der Waals surface area contributed by atoms with Crippen molar-refractivity contribution in [3.8, 4) is 0 Å². The van der Waals surface area contributed by atoms with Crippen LogP contribution in [0.25, 0.3) is 0 Å². The highest BCUT2D eigenvalue weighted by atomic mass is 79.9. The average molecular weight is 332 g/mol. The number of nitrogens with zero attached hydrogens (tertiary/aromatic N) is 1. The Morgan fingerprint density at radius 2 is 1.75 bits per heavy atom. The zero-order valence-corrected chi connectivity index (χ0v) is 13.0. The first-order valence-electron chi connectivity index (χ1n) is 6.41. The summed E-state index contributed by atoms with van der Waals surface area (Å²) in [5, 5.41) is 7.38. The van der Waals surface area contributed by atoms with Crippen molar-refractivity contribution < 1.29 is 0 Å². The van der Waals surface area contributed by atoms with Crippen molar-refractivity contribution in [3.63, 3.8) is 0 Å². The van der Waals surface area contributed by atoms with Gasteiger partial charge in [0.25, 0.3) is 0 Å². The number of nitrogens with one attached hydrogen (secondary N) is 1. The molecule has 104 valence electrons. The maximum Gasteiger partial charge on any atom is 0.122 e. The van der Waals surface area contributed by atoms with Gasteiger partial charge in [0.15, 0.2) is 0 Å². The number of benzene rings is 2. The largest absolute Gasteiger partial charge is 0.384 e. The Morgan fingerprint density at radius 3 is 2.35 bits per heavy atom.